The van der Waals surface area contributed by atoms with Crippen LogP contribution in [0.25, 0.3) is 0 Å². The van der Waals surface area contributed by atoms with Crippen molar-refractivity contribution in [1.82, 2.24) is 15.5 Å². The van der Waals surface area contributed by atoms with Gasteiger partial charge in [0.15, 0.2) is 0 Å². The molecule has 0 aromatic heterocycles. The van der Waals surface area contributed by atoms with E-state index in [1.165, 1.54) is 19.1 Å². The molecule has 8 heteroatoms. The monoisotopic (exact) mass is 426 g/mol. The van der Waals surface area contributed by atoms with Crippen LogP contribution in [0.15, 0.2) is 54.6 Å². The molecule has 0 aliphatic carbocycles. The zero-order valence-electron chi connectivity index (χ0n) is 17.4. The molecule has 1 heterocycles. The molecule has 3 rings (SSSR count). The number of amides is 4. The highest BCUT2D eigenvalue weighted by atomic mass is 19.1. The van der Waals surface area contributed by atoms with E-state index in [0.29, 0.717) is 31.5 Å². The summed E-state index contributed by atoms with van der Waals surface area (Å²) < 4.78 is 13.5. The van der Waals surface area contributed by atoms with Gasteiger partial charge < -0.3 is 20.9 Å². The fourth-order valence-corrected chi connectivity index (χ4v) is 3.61. The normalized spacial score (nSPS) is 15.1. The minimum absolute atomic E-state index is 0.1000. The average molecular weight is 426 g/mol. The number of benzene rings is 2. The Bertz CT molecular complexity index is 914. The Balaban J connectivity index is 1.52. The molecule has 4 amide bonds. The summed E-state index contributed by atoms with van der Waals surface area (Å²) >= 11 is 0. The van der Waals surface area contributed by atoms with Gasteiger partial charge in [-0.1, -0.05) is 30.3 Å². The SMILES string of the molecule is CC(=O)N[C@H](Cc1cccc(F)c1)C(=O)NC1CCN(C(=O)Nc2ccccc2)CC1. The van der Waals surface area contributed by atoms with Gasteiger partial charge >= 0.3 is 6.03 Å². The predicted octanol–water partition coefficient (Wildman–Crippen LogP) is 2.69. The lowest BCUT2D eigenvalue weighted by molar-refractivity contribution is -0.128. The summed E-state index contributed by atoms with van der Waals surface area (Å²) in [6.07, 6.45) is 1.42. The summed E-state index contributed by atoms with van der Waals surface area (Å²) in [6, 6.07) is 14.2. The summed E-state index contributed by atoms with van der Waals surface area (Å²) in [5.41, 5.74) is 1.36. The van der Waals surface area contributed by atoms with Gasteiger partial charge in [-0.2, -0.15) is 0 Å². The first-order chi connectivity index (χ1) is 14.9. The van der Waals surface area contributed by atoms with Crippen LogP contribution in [0.3, 0.4) is 0 Å². The van der Waals surface area contributed by atoms with Gasteiger partial charge in [-0.15, -0.1) is 0 Å². The first kappa shape index (κ1) is 22.3. The zero-order valence-corrected chi connectivity index (χ0v) is 17.4. The Morgan fingerprint density at radius 2 is 1.77 bits per heavy atom. The number of hydrogen-bond donors (Lipinski definition) is 3. The second-order valence-corrected chi connectivity index (χ2v) is 7.65. The minimum atomic E-state index is -0.793. The number of anilines is 1. The number of rotatable bonds is 6. The van der Waals surface area contributed by atoms with Gasteiger partial charge in [-0.05, 0) is 42.7 Å². The van der Waals surface area contributed by atoms with E-state index in [4.69, 9.17) is 0 Å². The number of urea groups is 1. The third-order valence-corrected chi connectivity index (χ3v) is 5.18. The number of nitrogens with zero attached hydrogens (tertiary/aromatic N) is 1. The molecule has 0 spiro atoms. The topological polar surface area (TPSA) is 90.5 Å². The van der Waals surface area contributed by atoms with Crippen molar-refractivity contribution in [3.8, 4) is 0 Å². The van der Waals surface area contributed by atoms with Crippen LogP contribution in [0.5, 0.6) is 0 Å². The second kappa shape index (κ2) is 10.6. The molecule has 31 heavy (non-hydrogen) atoms. The summed E-state index contributed by atoms with van der Waals surface area (Å²) in [7, 11) is 0. The first-order valence-corrected chi connectivity index (χ1v) is 10.3. The van der Waals surface area contributed by atoms with E-state index in [0.717, 1.165) is 5.69 Å². The molecule has 2 aromatic rings. The summed E-state index contributed by atoms with van der Waals surface area (Å²) in [5.74, 6) is -1.03. The van der Waals surface area contributed by atoms with Crippen molar-refractivity contribution in [3.05, 3.63) is 66.0 Å². The molecule has 0 saturated carbocycles. The molecule has 1 aliphatic rings. The number of carbonyl (C=O) groups is 3. The highest BCUT2D eigenvalue weighted by molar-refractivity contribution is 5.89. The largest absolute Gasteiger partial charge is 0.351 e. The van der Waals surface area contributed by atoms with Crippen molar-refractivity contribution in [1.29, 1.82) is 0 Å². The summed E-state index contributed by atoms with van der Waals surface area (Å²) in [6.45, 7) is 2.37. The maximum Gasteiger partial charge on any atom is 0.321 e. The Morgan fingerprint density at radius 3 is 2.42 bits per heavy atom. The highest BCUT2D eigenvalue weighted by Gasteiger charge is 2.27. The van der Waals surface area contributed by atoms with Gasteiger partial charge in [0.2, 0.25) is 11.8 Å². The Labute approximate surface area is 181 Å². The van der Waals surface area contributed by atoms with Crippen LogP contribution in [0.4, 0.5) is 14.9 Å². The van der Waals surface area contributed by atoms with Gasteiger partial charge in [-0.25, -0.2) is 9.18 Å². The zero-order chi connectivity index (χ0) is 22.2. The summed E-state index contributed by atoms with van der Waals surface area (Å²) in [5, 5.41) is 8.47. The molecule has 1 atom stereocenters. The van der Waals surface area contributed by atoms with Crippen LogP contribution in [0.2, 0.25) is 0 Å². The van der Waals surface area contributed by atoms with E-state index < -0.39 is 6.04 Å². The molecular weight excluding hydrogens is 399 g/mol. The van der Waals surface area contributed by atoms with Gasteiger partial charge in [0.25, 0.3) is 0 Å². The number of hydrogen-bond acceptors (Lipinski definition) is 3. The molecule has 0 bridgehead atoms. The Morgan fingerprint density at radius 1 is 1.06 bits per heavy atom. The van der Waals surface area contributed by atoms with Crippen LogP contribution >= 0.6 is 0 Å². The van der Waals surface area contributed by atoms with Gasteiger partial charge in [0.05, 0.1) is 0 Å². The molecule has 7 nitrogen and oxygen atoms in total. The van der Waals surface area contributed by atoms with Crippen LogP contribution in [0.1, 0.15) is 25.3 Å². The Kier molecular flexibility index (Phi) is 7.59. The molecule has 164 valence electrons. The van der Waals surface area contributed by atoms with Gasteiger partial charge in [0.1, 0.15) is 11.9 Å². The van der Waals surface area contributed by atoms with E-state index in [2.05, 4.69) is 16.0 Å². The summed E-state index contributed by atoms with van der Waals surface area (Å²) in [4.78, 5) is 38.5. The van der Waals surface area contributed by atoms with E-state index in [-0.39, 0.29) is 36.1 Å². The third kappa shape index (κ3) is 6.80. The molecular formula is C23H27FN4O3. The van der Waals surface area contributed by atoms with Crippen molar-refractivity contribution in [2.75, 3.05) is 18.4 Å². The minimum Gasteiger partial charge on any atom is -0.351 e. The number of carbonyl (C=O) groups excluding carboxylic acids is 3. The molecule has 2 aromatic carbocycles. The van der Waals surface area contributed by atoms with E-state index in [1.807, 2.05) is 30.3 Å². The lowest BCUT2D eigenvalue weighted by Gasteiger charge is -2.33. The molecule has 1 fully saturated rings. The predicted molar refractivity (Wildman–Crippen MR) is 116 cm³/mol. The smallest absolute Gasteiger partial charge is 0.321 e. The fourth-order valence-electron chi connectivity index (χ4n) is 3.61. The third-order valence-electron chi connectivity index (χ3n) is 5.18. The fraction of sp³-hybridized carbons (Fsp3) is 0.348. The standard InChI is InChI=1S/C23H27FN4O3/c1-16(29)25-21(15-17-6-5-7-18(24)14-17)22(30)26-20-10-12-28(13-11-20)23(31)27-19-8-3-2-4-9-19/h2-9,14,20-21H,10-13,15H2,1H3,(H,25,29)(H,26,30)(H,27,31)/t21-/m1/s1. The first-order valence-electron chi connectivity index (χ1n) is 10.3. The number of likely N-dealkylation sites (tertiary alicyclic amines) is 1. The molecule has 1 aliphatic heterocycles. The quantitative estimate of drug-likeness (QED) is 0.663. The highest BCUT2D eigenvalue weighted by Crippen LogP contribution is 2.14. The van der Waals surface area contributed by atoms with Crippen molar-refractivity contribution >= 4 is 23.5 Å². The number of halogens is 1. The molecule has 0 radical (unpaired) electrons. The number of nitrogens with one attached hydrogen (secondary N) is 3. The molecule has 1 saturated heterocycles. The Hall–Kier alpha value is -3.42. The van der Waals surface area contributed by atoms with E-state index in [9.17, 15) is 18.8 Å². The van der Waals surface area contributed by atoms with Crippen molar-refractivity contribution < 1.29 is 18.8 Å². The van der Waals surface area contributed by atoms with Gasteiger partial charge in [-0.3, -0.25) is 9.59 Å². The van der Waals surface area contributed by atoms with E-state index in [1.54, 1.807) is 17.0 Å². The maximum atomic E-state index is 13.5. The molecule has 3 N–H and O–H groups in total. The average Bonchev–Trinajstić information content (AvgIpc) is 2.74. The van der Waals surface area contributed by atoms with Crippen LogP contribution in [0, 0.1) is 5.82 Å². The maximum absolute atomic E-state index is 13.5. The van der Waals surface area contributed by atoms with Crippen molar-refractivity contribution in [2.24, 2.45) is 0 Å². The second-order valence-electron chi connectivity index (χ2n) is 7.65. The number of piperidine rings is 1. The van der Waals surface area contributed by atoms with Gasteiger partial charge in [0, 0.05) is 38.2 Å². The van der Waals surface area contributed by atoms with Crippen LogP contribution in [-0.4, -0.2) is 47.9 Å². The lowest BCUT2D eigenvalue weighted by Crippen LogP contribution is -2.53. The van der Waals surface area contributed by atoms with Crippen LogP contribution < -0.4 is 16.0 Å². The van der Waals surface area contributed by atoms with Crippen molar-refractivity contribution in [3.63, 3.8) is 0 Å². The lowest BCUT2D eigenvalue weighted by atomic mass is 10.0. The van der Waals surface area contributed by atoms with Crippen molar-refractivity contribution in [2.45, 2.75) is 38.3 Å². The van der Waals surface area contributed by atoms with Crippen LogP contribution in [-0.2, 0) is 16.0 Å². The van der Waals surface area contributed by atoms with E-state index >= 15 is 0 Å². The number of para-hydroxylation sites is 1. The molecule has 0 unspecified atom stereocenters.